The number of hydrogen-bond acceptors (Lipinski definition) is 4. The molecule has 0 aliphatic carbocycles. The van der Waals surface area contributed by atoms with Crippen molar-refractivity contribution in [1.29, 1.82) is 0 Å². The Bertz CT molecular complexity index is 327. The van der Waals surface area contributed by atoms with Crippen molar-refractivity contribution in [2.75, 3.05) is 20.8 Å². The van der Waals surface area contributed by atoms with Gasteiger partial charge in [0.05, 0.1) is 19.8 Å². The molecule has 1 aliphatic rings. The number of carbonyl (C=O) groups excluding carboxylic acids is 1. The summed E-state index contributed by atoms with van der Waals surface area (Å²) >= 11 is 0. The van der Waals surface area contributed by atoms with Gasteiger partial charge < -0.3 is 13.9 Å². The monoisotopic (exact) mass is 289 g/mol. The summed E-state index contributed by atoms with van der Waals surface area (Å²) in [7, 11) is 1.17. The van der Waals surface area contributed by atoms with Crippen LogP contribution in [0.5, 0.6) is 0 Å². The molecule has 0 bridgehead atoms. The van der Waals surface area contributed by atoms with Crippen LogP contribution in [0.1, 0.15) is 27.2 Å². The lowest BCUT2D eigenvalue weighted by atomic mass is 10.2. The van der Waals surface area contributed by atoms with E-state index in [1.54, 1.807) is 12.0 Å². The molecule has 112 valence electrons. The van der Waals surface area contributed by atoms with Crippen molar-refractivity contribution in [2.24, 2.45) is 0 Å². The van der Waals surface area contributed by atoms with E-state index in [9.17, 15) is 4.79 Å². The minimum atomic E-state index is -1.82. The smallest absolute Gasteiger partial charge is 0.411 e. The van der Waals surface area contributed by atoms with Crippen molar-refractivity contribution in [1.82, 2.24) is 4.90 Å². The van der Waals surface area contributed by atoms with Crippen LogP contribution in [-0.4, -0.2) is 52.4 Å². The Morgan fingerprint density at radius 1 is 1.26 bits per heavy atom. The van der Waals surface area contributed by atoms with Crippen LogP contribution in [0, 0.1) is 0 Å². The highest BCUT2D eigenvalue weighted by Crippen LogP contribution is 2.38. The minimum absolute atomic E-state index is 0.0324. The third-order valence-electron chi connectivity index (χ3n) is 4.16. The van der Waals surface area contributed by atoms with Crippen molar-refractivity contribution < 1.29 is 18.7 Å². The van der Waals surface area contributed by atoms with Crippen LogP contribution >= 0.6 is 0 Å². The quantitative estimate of drug-likeness (QED) is 0.750. The normalized spacial score (nSPS) is 24.7. The van der Waals surface area contributed by atoms with E-state index in [-0.39, 0.29) is 23.5 Å². The molecule has 1 fully saturated rings. The number of likely N-dealkylation sites (tertiary alicyclic amines) is 1. The number of hydrogen-bond donors (Lipinski definition) is 0. The largest absolute Gasteiger partial charge is 0.453 e. The van der Waals surface area contributed by atoms with Gasteiger partial charge in [0.1, 0.15) is 6.23 Å². The molecule has 0 radical (unpaired) electrons. The Kier molecular flexibility index (Phi) is 5.03. The molecule has 0 spiro atoms. The first-order chi connectivity index (χ1) is 8.62. The fourth-order valence-corrected chi connectivity index (χ4v) is 3.33. The maximum Gasteiger partial charge on any atom is 0.411 e. The number of rotatable bonds is 3. The highest BCUT2D eigenvalue weighted by atomic mass is 28.4. The standard InChI is InChI=1S/C13H27NO4Si/c1-13(2,3)19(6,7)18-10-8-11(16-4)14(9-10)12(15)17-5/h10-11H,8-9H2,1-7H3/t10-,11-/m1/s1. The summed E-state index contributed by atoms with van der Waals surface area (Å²) in [6.07, 6.45) is 0.137. The zero-order valence-electron chi connectivity index (χ0n) is 13.1. The van der Waals surface area contributed by atoms with E-state index in [0.29, 0.717) is 13.0 Å². The van der Waals surface area contributed by atoms with Crippen molar-refractivity contribution in [3.63, 3.8) is 0 Å². The fraction of sp³-hybridized carbons (Fsp3) is 0.923. The summed E-state index contributed by atoms with van der Waals surface area (Å²) in [5.41, 5.74) is 0. The molecule has 6 heteroatoms. The lowest BCUT2D eigenvalue weighted by molar-refractivity contribution is -0.00113. The SMILES string of the molecule is COC(=O)N1C[C@H](O[Si](C)(C)C(C)(C)C)C[C@H]1OC. The van der Waals surface area contributed by atoms with E-state index >= 15 is 0 Å². The van der Waals surface area contributed by atoms with Crippen LogP contribution in [0.4, 0.5) is 4.79 Å². The first-order valence-electron chi connectivity index (χ1n) is 6.67. The molecule has 2 atom stereocenters. The van der Waals surface area contributed by atoms with Gasteiger partial charge in [-0.1, -0.05) is 20.8 Å². The second kappa shape index (κ2) is 5.81. The Morgan fingerprint density at radius 3 is 2.26 bits per heavy atom. The Labute approximate surface area is 117 Å². The first kappa shape index (κ1) is 16.5. The maximum absolute atomic E-state index is 11.7. The van der Waals surface area contributed by atoms with Gasteiger partial charge in [-0.15, -0.1) is 0 Å². The Hall–Kier alpha value is -0.593. The number of nitrogens with zero attached hydrogens (tertiary/aromatic N) is 1. The molecule has 1 aliphatic heterocycles. The second-order valence-electron chi connectivity index (χ2n) is 6.55. The summed E-state index contributed by atoms with van der Waals surface area (Å²) in [4.78, 5) is 13.3. The summed E-state index contributed by atoms with van der Waals surface area (Å²) in [5, 5.41) is 0.161. The van der Waals surface area contributed by atoms with Crippen LogP contribution in [-0.2, 0) is 13.9 Å². The Morgan fingerprint density at radius 2 is 1.84 bits per heavy atom. The molecule has 1 saturated heterocycles. The van der Waals surface area contributed by atoms with E-state index in [4.69, 9.17) is 13.9 Å². The summed E-state index contributed by atoms with van der Waals surface area (Å²) in [5.74, 6) is 0. The topological polar surface area (TPSA) is 48.0 Å². The number of ether oxygens (including phenoxy) is 2. The van der Waals surface area contributed by atoms with Gasteiger partial charge >= 0.3 is 6.09 Å². The van der Waals surface area contributed by atoms with Gasteiger partial charge in [0.2, 0.25) is 0 Å². The van der Waals surface area contributed by atoms with Crippen molar-refractivity contribution >= 4 is 14.4 Å². The first-order valence-corrected chi connectivity index (χ1v) is 9.58. The van der Waals surface area contributed by atoms with E-state index in [0.717, 1.165) is 0 Å². The van der Waals surface area contributed by atoms with Crippen LogP contribution in [0.25, 0.3) is 0 Å². The molecular formula is C13H27NO4Si. The van der Waals surface area contributed by atoms with Gasteiger partial charge in [-0.2, -0.15) is 0 Å². The molecule has 0 aromatic carbocycles. The lowest BCUT2D eigenvalue weighted by Gasteiger charge is -2.38. The summed E-state index contributed by atoms with van der Waals surface area (Å²) in [6, 6.07) is 0. The second-order valence-corrected chi connectivity index (χ2v) is 11.3. The van der Waals surface area contributed by atoms with E-state index in [1.165, 1.54) is 7.11 Å². The molecule has 0 unspecified atom stereocenters. The van der Waals surface area contributed by atoms with Crippen molar-refractivity contribution in [2.45, 2.75) is 57.7 Å². The van der Waals surface area contributed by atoms with Gasteiger partial charge in [-0.25, -0.2) is 4.79 Å². The molecule has 0 aromatic rings. The molecular weight excluding hydrogens is 262 g/mol. The van der Waals surface area contributed by atoms with E-state index in [1.807, 2.05) is 0 Å². The maximum atomic E-state index is 11.7. The number of methoxy groups -OCH3 is 2. The molecule has 1 amide bonds. The zero-order valence-corrected chi connectivity index (χ0v) is 14.1. The van der Waals surface area contributed by atoms with Gasteiger partial charge in [0.25, 0.3) is 0 Å². The summed E-state index contributed by atoms with van der Waals surface area (Å²) < 4.78 is 16.4. The Balaban J connectivity index is 2.71. The van der Waals surface area contributed by atoms with E-state index in [2.05, 4.69) is 33.9 Å². The van der Waals surface area contributed by atoms with Gasteiger partial charge in [0, 0.05) is 13.5 Å². The van der Waals surface area contributed by atoms with Crippen LogP contribution in [0.3, 0.4) is 0 Å². The van der Waals surface area contributed by atoms with E-state index < -0.39 is 8.32 Å². The molecule has 5 nitrogen and oxygen atoms in total. The van der Waals surface area contributed by atoms with Gasteiger partial charge in [-0.3, -0.25) is 4.90 Å². The molecule has 1 rings (SSSR count). The molecule has 1 heterocycles. The molecule has 19 heavy (non-hydrogen) atoms. The summed E-state index contributed by atoms with van der Waals surface area (Å²) in [6.45, 7) is 11.6. The number of amides is 1. The van der Waals surface area contributed by atoms with Crippen LogP contribution < -0.4 is 0 Å². The fourth-order valence-electron chi connectivity index (χ4n) is 1.98. The predicted octanol–water partition coefficient (Wildman–Crippen LogP) is 2.82. The average Bonchev–Trinajstić information content (AvgIpc) is 2.68. The average molecular weight is 289 g/mol. The molecule has 0 N–H and O–H groups in total. The zero-order chi connectivity index (χ0) is 14.8. The van der Waals surface area contributed by atoms with Gasteiger partial charge in [0.15, 0.2) is 8.32 Å². The van der Waals surface area contributed by atoms with Crippen LogP contribution in [0.15, 0.2) is 0 Å². The van der Waals surface area contributed by atoms with Crippen molar-refractivity contribution in [3.05, 3.63) is 0 Å². The minimum Gasteiger partial charge on any atom is -0.453 e. The van der Waals surface area contributed by atoms with Gasteiger partial charge in [-0.05, 0) is 18.1 Å². The highest BCUT2D eigenvalue weighted by Gasteiger charge is 2.43. The third kappa shape index (κ3) is 3.70. The molecule has 0 aromatic heterocycles. The molecule has 0 saturated carbocycles. The predicted molar refractivity (Wildman–Crippen MR) is 76.6 cm³/mol. The van der Waals surface area contributed by atoms with Crippen molar-refractivity contribution in [3.8, 4) is 0 Å². The highest BCUT2D eigenvalue weighted by molar-refractivity contribution is 6.74. The third-order valence-corrected chi connectivity index (χ3v) is 8.70. The number of carbonyl (C=O) groups is 1. The lowest BCUT2D eigenvalue weighted by Crippen LogP contribution is -2.44. The van der Waals surface area contributed by atoms with Crippen LogP contribution in [0.2, 0.25) is 18.1 Å².